The van der Waals surface area contributed by atoms with Crippen molar-refractivity contribution in [1.82, 2.24) is 0 Å². The molecule has 0 saturated heterocycles. The SMILES string of the molecule is CC(C)[Si](C#C[C@@H](O)C1CCCCC1)(C(C)C)C(C)C. The Hall–Kier alpha value is -0.263. The molecular weight excluding hydrogens is 260 g/mol. The highest BCUT2D eigenvalue weighted by Gasteiger charge is 2.41. The quantitative estimate of drug-likeness (QED) is 0.561. The Morgan fingerprint density at radius 3 is 1.70 bits per heavy atom. The van der Waals surface area contributed by atoms with Crippen molar-refractivity contribution in [3.05, 3.63) is 0 Å². The maximum atomic E-state index is 10.4. The van der Waals surface area contributed by atoms with Gasteiger partial charge in [0.1, 0.15) is 14.2 Å². The van der Waals surface area contributed by atoms with Crippen LogP contribution < -0.4 is 0 Å². The van der Waals surface area contributed by atoms with E-state index >= 15 is 0 Å². The van der Waals surface area contributed by atoms with Gasteiger partial charge in [-0.3, -0.25) is 0 Å². The molecule has 1 saturated carbocycles. The fourth-order valence-electron chi connectivity index (χ4n) is 4.20. The van der Waals surface area contributed by atoms with E-state index in [1.807, 2.05) is 0 Å². The second-order valence-corrected chi connectivity index (χ2v) is 13.1. The number of aliphatic hydroxyl groups is 1. The molecule has 1 fully saturated rings. The van der Waals surface area contributed by atoms with Gasteiger partial charge in [-0.1, -0.05) is 66.7 Å². The smallest absolute Gasteiger partial charge is 0.146 e. The molecule has 20 heavy (non-hydrogen) atoms. The number of hydrogen-bond acceptors (Lipinski definition) is 1. The second-order valence-electron chi connectivity index (χ2n) is 7.51. The molecule has 0 spiro atoms. The van der Waals surface area contributed by atoms with Crippen LogP contribution in [0.3, 0.4) is 0 Å². The van der Waals surface area contributed by atoms with Crippen molar-refractivity contribution in [3.8, 4) is 11.5 Å². The van der Waals surface area contributed by atoms with E-state index in [9.17, 15) is 5.11 Å². The molecule has 0 unspecified atom stereocenters. The third kappa shape index (κ3) is 3.89. The molecule has 1 N–H and O–H groups in total. The molecule has 2 heteroatoms. The van der Waals surface area contributed by atoms with E-state index in [1.54, 1.807) is 0 Å². The predicted molar refractivity (Wildman–Crippen MR) is 91.4 cm³/mol. The van der Waals surface area contributed by atoms with Gasteiger partial charge in [0.2, 0.25) is 0 Å². The van der Waals surface area contributed by atoms with Crippen LogP contribution in [0.1, 0.15) is 73.6 Å². The monoisotopic (exact) mass is 294 g/mol. The van der Waals surface area contributed by atoms with E-state index in [4.69, 9.17) is 0 Å². The van der Waals surface area contributed by atoms with Gasteiger partial charge in [0, 0.05) is 0 Å². The lowest BCUT2D eigenvalue weighted by Gasteiger charge is -2.38. The molecule has 0 aromatic carbocycles. The zero-order valence-corrected chi connectivity index (χ0v) is 15.4. The van der Waals surface area contributed by atoms with Crippen LogP contribution in [0.2, 0.25) is 16.6 Å². The van der Waals surface area contributed by atoms with E-state index in [2.05, 4.69) is 53.0 Å². The van der Waals surface area contributed by atoms with E-state index < -0.39 is 14.2 Å². The average Bonchev–Trinajstić information content (AvgIpc) is 2.38. The number of rotatable bonds is 4. The summed E-state index contributed by atoms with van der Waals surface area (Å²) in [6.45, 7) is 14.0. The van der Waals surface area contributed by atoms with E-state index in [0.717, 1.165) is 12.8 Å². The van der Waals surface area contributed by atoms with Crippen molar-refractivity contribution in [1.29, 1.82) is 0 Å². The van der Waals surface area contributed by atoms with Crippen LogP contribution in [0.25, 0.3) is 0 Å². The fourth-order valence-corrected chi connectivity index (χ4v) is 9.46. The molecule has 1 rings (SSSR count). The van der Waals surface area contributed by atoms with Gasteiger partial charge >= 0.3 is 0 Å². The molecule has 0 radical (unpaired) electrons. The summed E-state index contributed by atoms with van der Waals surface area (Å²) < 4.78 is 0. The lowest BCUT2D eigenvalue weighted by Crippen LogP contribution is -2.43. The van der Waals surface area contributed by atoms with Crippen LogP contribution in [-0.2, 0) is 0 Å². The first-order valence-electron chi connectivity index (χ1n) is 8.53. The normalized spacial score (nSPS) is 19.3. The van der Waals surface area contributed by atoms with E-state index in [-0.39, 0.29) is 0 Å². The Morgan fingerprint density at radius 1 is 0.850 bits per heavy atom. The lowest BCUT2D eigenvalue weighted by atomic mass is 9.85. The van der Waals surface area contributed by atoms with Gasteiger partial charge in [-0.05, 0) is 35.4 Å². The third-order valence-electron chi connectivity index (χ3n) is 5.40. The minimum atomic E-state index is -1.68. The highest BCUT2D eigenvalue weighted by molar-refractivity contribution is 6.90. The van der Waals surface area contributed by atoms with Crippen molar-refractivity contribution in [3.63, 3.8) is 0 Å². The second kappa shape index (κ2) is 7.66. The molecule has 0 aromatic heterocycles. The highest BCUT2D eigenvalue weighted by atomic mass is 28.3. The molecule has 0 aromatic rings. The Balaban J connectivity index is 2.92. The Morgan fingerprint density at radius 2 is 1.30 bits per heavy atom. The molecule has 116 valence electrons. The summed E-state index contributed by atoms with van der Waals surface area (Å²) in [4.78, 5) is 0. The minimum Gasteiger partial charge on any atom is -0.380 e. The lowest BCUT2D eigenvalue weighted by molar-refractivity contribution is 0.133. The maximum Gasteiger partial charge on any atom is 0.146 e. The first-order valence-corrected chi connectivity index (χ1v) is 10.8. The van der Waals surface area contributed by atoms with Gasteiger partial charge in [-0.25, -0.2) is 0 Å². The first kappa shape index (κ1) is 17.8. The largest absolute Gasteiger partial charge is 0.380 e. The molecule has 1 aliphatic carbocycles. The molecule has 0 amide bonds. The summed E-state index contributed by atoms with van der Waals surface area (Å²) >= 11 is 0. The summed E-state index contributed by atoms with van der Waals surface area (Å²) in [5.41, 5.74) is 5.61. The zero-order chi connectivity index (χ0) is 15.3. The van der Waals surface area contributed by atoms with Crippen LogP contribution >= 0.6 is 0 Å². The van der Waals surface area contributed by atoms with Gasteiger partial charge < -0.3 is 5.11 Å². The summed E-state index contributed by atoms with van der Waals surface area (Å²) in [5, 5.41) is 10.4. The van der Waals surface area contributed by atoms with E-state index in [1.165, 1.54) is 19.3 Å². The van der Waals surface area contributed by atoms with Crippen LogP contribution in [0.4, 0.5) is 0 Å². The standard InChI is InChI=1S/C18H34OSi/c1-14(2)20(15(3)4,16(5)6)13-12-18(19)17-10-8-7-9-11-17/h14-19H,7-11H2,1-6H3/t18-/m1/s1. The Kier molecular flexibility index (Phi) is 6.81. The molecule has 0 aliphatic heterocycles. The molecule has 1 atom stereocenters. The Labute approximate surface area is 127 Å². The van der Waals surface area contributed by atoms with Gasteiger partial charge in [-0.2, -0.15) is 0 Å². The highest BCUT2D eigenvalue weighted by Crippen LogP contribution is 2.40. The molecule has 0 bridgehead atoms. The van der Waals surface area contributed by atoms with Crippen molar-refractivity contribution in [2.24, 2.45) is 5.92 Å². The summed E-state index contributed by atoms with van der Waals surface area (Å²) in [6, 6.07) is 0. The average molecular weight is 295 g/mol. The van der Waals surface area contributed by atoms with Gasteiger partial charge in [-0.15, -0.1) is 5.54 Å². The van der Waals surface area contributed by atoms with Crippen LogP contribution in [-0.4, -0.2) is 19.3 Å². The van der Waals surface area contributed by atoms with E-state index in [0.29, 0.717) is 22.5 Å². The van der Waals surface area contributed by atoms with Crippen molar-refractivity contribution in [2.45, 2.75) is 96.4 Å². The first-order chi connectivity index (χ1) is 9.32. The van der Waals surface area contributed by atoms with Crippen LogP contribution in [0.15, 0.2) is 0 Å². The number of aliphatic hydroxyl groups excluding tert-OH is 1. The number of hydrogen-bond donors (Lipinski definition) is 1. The topological polar surface area (TPSA) is 20.2 Å². The molecule has 1 aliphatic rings. The Bertz CT molecular complexity index is 320. The third-order valence-corrected chi connectivity index (χ3v) is 11.7. The van der Waals surface area contributed by atoms with Crippen molar-refractivity contribution in [2.75, 3.05) is 0 Å². The fraction of sp³-hybridized carbons (Fsp3) is 0.889. The maximum absolute atomic E-state index is 10.4. The summed E-state index contributed by atoms with van der Waals surface area (Å²) in [6.07, 6.45) is 5.80. The zero-order valence-electron chi connectivity index (χ0n) is 14.4. The molecular formula is C18H34OSi. The molecule has 0 heterocycles. The van der Waals surface area contributed by atoms with Crippen molar-refractivity contribution >= 4 is 8.07 Å². The van der Waals surface area contributed by atoms with Crippen LogP contribution in [0.5, 0.6) is 0 Å². The predicted octanol–water partition coefficient (Wildman–Crippen LogP) is 5.15. The van der Waals surface area contributed by atoms with Gasteiger partial charge in [0.25, 0.3) is 0 Å². The van der Waals surface area contributed by atoms with Gasteiger partial charge in [0.05, 0.1) is 0 Å². The van der Waals surface area contributed by atoms with Gasteiger partial charge in [0.15, 0.2) is 0 Å². The van der Waals surface area contributed by atoms with Crippen molar-refractivity contribution < 1.29 is 5.11 Å². The minimum absolute atomic E-state index is 0.390. The molecule has 1 nitrogen and oxygen atoms in total. The van der Waals surface area contributed by atoms with Crippen LogP contribution in [0, 0.1) is 17.4 Å². The summed E-state index contributed by atoms with van der Waals surface area (Å²) in [7, 11) is -1.68. The summed E-state index contributed by atoms with van der Waals surface area (Å²) in [5.74, 6) is 3.73.